The number of ether oxygens (including phenoxy) is 1. The number of aromatic carboxylic acids is 1. The van der Waals surface area contributed by atoms with Gasteiger partial charge in [-0.2, -0.15) is 5.10 Å². The third-order valence-corrected chi connectivity index (χ3v) is 5.99. The average Bonchev–Trinajstić information content (AvgIpc) is 3.20. The van der Waals surface area contributed by atoms with E-state index in [1.807, 2.05) is 44.4 Å². The second-order valence-corrected chi connectivity index (χ2v) is 8.61. The molecule has 1 atom stereocenters. The van der Waals surface area contributed by atoms with E-state index < -0.39 is 12.1 Å². The number of aromatic nitrogens is 3. The van der Waals surface area contributed by atoms with Crippen LogP contribution in [0.25, 0.3) is 33.2 Å². The van der Waals surface area contributed by atoms with Gasteiger partial charge in [0.1, 0.15) is 17.4 Å². The predicted octanol–water partition coefficient (Wildman–Crippen LogP) is 5.20. The second-order valence-electron chi connectivity index (χ2n) is 8.61. The summed E-state index contributed by atoms with van der Waals surface area (Å²) in [5, 5.41) is 15.3. The minimum atomic E-state index is -1.18. The van der Waals surface area contributed by atoms with Crippen LogP contribution < -0.4 is 10.2 Å². The van der Waals surface area contributed by atoms with Gasteiger partial charge < -0.3 is 14.3 Å². The molecule has 5 aromatic rings. The first kappa shape index (κ1) is 22.3. The first-order chi connectivity index (χ1) is 16.7. The molecule has 0 saturated heterocycles. The Bertz CT molecular complexity index is 1680. The van der Waals surface area contributed by atoms with Crippen molar-refractivity contribution in [2.45, 2.75) is 26.9 Å². The number of aryl methyl sites for hydroxylation is 2. The number of rotatable bonds is 5. The number of hydrogen-bond acceptors (Lipinski definition) is 6. The molecule has 0 fully saturated rings. The van der Waals surface area contributed by atoms with Crippen LogP contribution in [0.5, 0.6) is 5.75 Å². The quantitative estimate of drug-likeness (QED) is 0.377. The number of carboxylic acids is 1. The molecular formula is C27H23N3O5. The number of carboxylic acid groups (broad SMARTS) is 1. The van der Waals surface area contributed by atoms with E-state index in [2.05, 4.69) is 10.1 Å². The lowest BCUT2D eigenvalue weighted by molar-refractivity contribution is 0.0682. The summed E-state index contributed by atoms with van der Waals surface area (Å²) < 4.78 is 14.2. The van der Waals surface area contributed by atoms with Gasteiger partial charge >= 0.3 is 5.97 Å². The van der Waals surface area contributed by atoms with Gasteiger partial charge in [0.15, 0.2) is 16.9 Å². The van der Waals surface area contributed by atoms with Gasteiger partial charge in [0.05, 0.1) is 10.9 Å². The zero-order chi connectivity index (χ0) is 24.9. The van der Waals surface area contributed by atoms with Crippen LogP contribution in [-0.4, -0.2) is 25.8 Å². The molecule has 3 heterocycles. The standard InChI is InChI=1S/C27H23N3O5/c1-14-10-19(16(3)34-22-6-5-9-28-23(22)27(32)33)26-20(11-14)24(31)15(2)25(35-26)17-7-8-21-18(12-17)13-30(4)29-21/h5-13,16H,1-4H3,(H,32,33)/t16-/m1/s1. The monoisotopic (exact) mass is 469 g/mol. The van der Waals surface area contributed by atoms with E-state index in [1.165, 1.54) is 6.20 Å². The maximum Gasteiger partial charge on any atom is 0.358 e. The van der Waals surface area contributed by atoms with E-state index in [-0.39, 0.29) is 16.9 Å². The van der Waals surface area contributed by atoms with Crippen molar-refractivity contribution in [1.82, 2.24) is 14.8 Å². The third kappa shape index (κ3) is 3.93. The molecule has 0 spiro atoms. The molecule has 1 N–H and O–H groups in total. The fraction of sp³-hybridized carbons (Fsp3) is 0.185. The number of carbonyl (C=O) groups is 1. The van der Waals surface area contributed by atoms with Crippen molar-refractivity contribution < 1.29 is 19.1 Å². The maximum atomic E-state index is 13.4. The first-order valence-corrected chi connectivity index (χ1v) is 11.1. The van der Waals surface area contributed by atoms with Crippen molar-refractivity contribution in [2.24, 2.45) is 7.05 Å². The maximum absolute atomic E-state index is 13.4. The molecule has 176 valence electrons. The van der Waals surface area contributed by atoms with Crippen LogP contribution in [0.4, 0.5) is 0 Å². The summed E-state index contributed by atoms with van der Waals surface area (Å²) in [7, 11) is 1.86. The minimum absolute atomic E-state index is 0.128. The van der Waals surface area contributed by atoms with E-state index in [4.69, 9.17) is 9.15 Å². The molecule has 3 aromatic heterocycles. The molecular weight excluding hydrogens is 446 g/mol. The van der Waals surface area contributed by atoms with E-state index in [1.54, 1.807) is 36.7 Å². The fourth-order valence-electron chi connectivity index (χ4n) is 4.34. The lowest BCUT2D eigenvalue weighted by Crippen LogP contribution is -2.12. The number of hydrogen-bond donors (Lipinski definition) is 1. The molecule has 0 saturated carbocycles. The van der Waals surface area contributed by atoms with Crippen LogP contribution in [0.2, 0.25) is 0 Å². The Balaban J connectivity index is 1.68. The third-order valence-electron chi connectivity index (χ3n) is 5.99. The van der Waals surface area contributed by atoms with Crippen LogP contribution in [0.15, 0.2) is 64.1 Å². The molecule has 8 nitrogen and oxygen atoms in total. The fourth-order valence-corrected chi connectivity index (χ4v) is 4.34. The van der Waals surface area contributed by atoms with Crippen molar-refractivity contribution in [2.75, 3.05) is 0 Å². The van der Waals surface area contributed by atoms with Crippen molar-refractivity contribution in [3.8, 4) is 17.1 Å². The van der Waals surface area contributed by atoms with Crippen molar-refractivity contribution in [3.05, 3.63) is 87.5 Å². The summed E-state index contributed by atoms with van der Waals surface area (Å²) in [6, 6.07) is 12.6. The minimum Gasteiger partial charge on any atom is -0.483 e. The van der Waals surface area contributed by atoms with Gasteiger partial charge in [0.2, 0.25) is 0 Å². The number of pyridine rings is 1. The number of nitrogens with zero attached hydrogens (tertiary/aromatic N) is 3. The summed E-state index contributed by atoms with van der Waals surface area (Å²) in [4.78, 5) is 28.9. The molecule has 35 heavy (non-hydrogen) atoms. The Hall–Kier alpha value is -4.46. The second kappa shape index (κ2) is 8.39. The van der Waals surface area contributed by atoms with Crippen LogP contribution in [-0.2, 0) is 7.05 Å². The lowest BCUT2D eigenvalue weighted by Gasteiger charge is -2.19. The van der Waals surface area contributed by atoms with Crippen LogP contribution >= 0.6 is 0 Å². The normalized spacial score (nSPS) is 12.2. The highest BCUT2D eigenvalue weighted by atomic mass is 16.5. The van der Waals surface area contributed by atoms with Gasteiger partial charge in [-0.1, -0.05) is 0 Å². The Morgan fingerprint density at radius 3 is 2.74 bits per heavy atom. The topological polar surface area (TPSA) is 107 Å². The average molecular weight is 469 g/mol. The predicted molar refractivity (Wildman–Crippen MR) is 132 cm³/mol. The molecule has 0 amide bonds. The summed E-state index contributed by atoms with van der Waals surface area (Å²) in [6.45, 7) is 5.43. The van der Waals surface area contributed by atoms with Crippen molar-refractivity contribution >= 4 is 27.8 Å². The van der Waals surface area contributed by atoms with Crippen LogP contribution in [0.3, 0.4) is 0 Å². The van der Waals surface area contributed by atoms with Crippen LogP contribution in [0, 0.1) is 13.8 Å². The van der Waals surface area contributed by atoms with Gasteiger partial charge in [-0.15, -0.1) is 0 Å². The highest BCUT2D eigenvalue weighted by Gasteiger charge is 2.22. The Kier molecular flexibility index (Phi) is 5.36. The van der Waals surface area contributed by atoms with Gasteiger partial charge in [-0.25, -0.2) is 9.78 Å². The van der Waals surface area contributed by atoms with E-state index >= 15 is 0 Å². The summed E-state index contributed by atoms with van der Waals surface area (Å²) in [5.74, 6) is -0.575. The molecule has 0 radical (unpaired) electrons. The summed E-state index contributed by atoms with van der Waals surface area (Å²) >= 11 is 0. The van der Waals surface area contributed by atoms with Crippen LogP contribution in [0.1, 0.15) is 40.2 Å². The zero-order valence-corrected chi connectivity index (χ0v) is 19.7. The Morgan fingerprint density at radius 1 is 1.17 bits per heavy atom. The number of benzene rings is 2. The van der Waals surface area contributed by atoms with E-state index in [0.717, 1.165) is 22.0 Å². The van der Waals surface area contributed by atoms with Gasteiger partial charge in [-0.3, -0.25) is 9.48 Å². The molecule has 2 aromatic carbocycles. The highest BCUT2D eigenvalue weighted by Crippen LogP contribution is 2.34. The number of fused-ring (bicyclic) bond motifs is 2. The van der Waals surface area contributed by atoms with E-state index in [9.17, 15) is 14.7 Å². The molecule has 0 aliphatic rings. The Morgan fingerprint density at radius 2 is 1.97 bits per heavy atom. The molecule has 0 aliphatic heterocycles. The Labute approximate surface area is 200 Å². The SMILES string of the molecule is Cc1cc([C@@H](C)Oc2cccnc2C(=O)O)c2oc(-c3ccc4nn(C)cc4c3)c(C)c(=O)c2c1. The van der Waals surface area contributed by atoms with Crippen molar-refractivity contribution in [1.29, 1.82) is 0 Å². The lowest BCUT2D eigenvalue weighted by atomic mass is 9.99. The highest BCUT2D eigenvalue weighted by molar-refractivity contribution is 5.89. The van der Waals surface area contributed by atoms with Gasteiger partial charge in [0, 0.05) is 41.5 Å². The van der Waals surface area contributed by atoms with Crippen molar-refractivity contribution in [3.63, 3.8) is 0 Å². The van der Waals surface area contributed by atoms with Gasteiger partial charge in [0.25, 0.3) is 0 Å². The molecule has 5 rings (SSSR count). The van der Waals surface area contributed by atoms with Gasteiger partial charge in [-0.05, 0) is 68.8 Å². The molecule has 0 bridgehead atoms. The first-order valence-electron chi connectivity index (χ1n) is 11.1. The summed E-state index contributed by atoms with van der Waals surface area (Å²) in [5.41, 5.74) is 3.72. The zero-order valence-electron chi connectivity index (χ0n) is 19.7. The largest absolute Gasteiger partial charge is 0.483 e. The molecule has 8 heteroatoms. The molecule has 0 aliphatic carbocycles. The smallest absolute Gasteiger partial charge is 0.358 e. The summed E-state index contributed by atoms with van der Waals surface area (Å²) in [6.07, 6.45) is 2.70. The van der Waals surface area contributed by atoms with E-state index in [0.29, 0.717) is 27.9 Å². The molecule has 0 unspecified atom stereocenters.